The van der Waals surface area contributed by atoms with Crippen LogP contribution in [0.1, 0.15) is 69.1 Å². The molecule has 150 valence electrons. The molecule has 28 heavy (non-hydrogen) atoms. The van der Waals surface area contributed by atoms with E-state index in [4.69, 9.17) is 0 Å². The number of imide groups is 1. The first kappa shape index (κ1) is 19.0. The third-order valence-electron chi connectivity index (χ3n) is 6.62. The van der Waals surface area contributed by atoms with Gasteiger partial charge in [-0.15, -0.1) is 0 Å². The number of amides is 4. The lowest BCUT2D eigenvalue weighted by Crippen LogP contribution is -2.51. The summed E-state index contributed by atoms with van der Waals surface area (Å²) >= 11 is 0. The van der Waals surface area contributed by atoms with Crippen molar-refractivity contribution >= 4 is 17.8 Å². The number of fused-ring (bicyclic) bond motifs is 1. The van der Waals surface area contributed by atoms with E-state index >= 15 is 0 Å². The second kappa shape index (κ2) is 7.22. The maximum absolute atomic E-state index is 13.2. The lowest BCUT2D eigenvalue weighted by Gasteiger charge is -2.28. The quantitative estimate of drug-likeness (QED) is 0.785. The van der Waals surface area contributed by atoms with Crippen molar-refractivity contribution in [1.29, 1.82) is 0 Å². The topological polar surface area (TPSA) is 78.5 Å². The summed E-state index contributed by atoms with van der Waals surface area (Å²) in [4.78, 5) is 39.7. The van der Waals surface area contributed by atoms with Crippen LogP contribution in [0, 0.1) is 0 Å². The Labute approximate surface area is 166 Å². The largest absolute Gasteiger partial charge is 0.352 e. The molecule has 2 fully saturated rings. The van der Waals surface area contributed by atoms with Gasteiger partial charge in [-0.25, -0.2) is 9.69 Å². The first-order valence-electron chi connectivity index (χ1n) is 10.5. The van der Waals surface area contributed by atoms with E-state index < -0.39 is 17.6 Å². The van der Waals surface area contributed by atoms with Gasteiger partial charge in [0.1, 0.15) is 11.6 Å². The van der Waals surface area contributed by atoms with Crippen LogP contribution in [0.5, 0.6) is 0 Å². The molecule has 1 aliphatic heterocycles. The number of hydrogen-bond acceptors (Lipinski definition) is 3. The van der Waals surface area contributed by atoms with Crippen LogP contribution in [-0.4, -0.2) is 34.8 Å². The van der Waals surface area contributed by atoms with E-state index in [1.165, 1.54) is 17.5 Å². The van der Waals surface area contributed by atoms with Crippen LogP contribution in [-0.2, 0) is 28.0 Å². The van der Waals surface area contributed by atoms with Crippen molar-refractivity contribution in [3.63, 3.8) is 0 Å². The van der Waals surface area contributed by atoms with Crippen molar-refractivity contribution in [3.8, 4) is 0 Å². The highest BCUT2D eigenvalue weighted by Gasteiger charge is 2.52. The predicted octanol–water partition coefficient (Wildman–Crippen LogP) is 2.78. The minimum absolute atomic E-state index is 0.146. The summed E-state index contributed by atoms with van der Waals surface area (Å²) in [5.74, 6) is -0.615. The van der Waals surface area contributed by atoms with Crippen molar-refractivity contribution < 1.29 is 14.4 Å². The molecular formula is C22H29N3O3. The highest BCUT2D eigenvalue weighted by molar-refractivity contribution is 6.10. The van der Waals surface area contributed by atoms with Gasteiger partial charge in [-0.05, 0) is 62.6 Å². The van der Waals surface area contributed by atoms with E-state index in [0.717, 1.165) is 55.4 Å². The van der Waals surface area contributed by atoms with Gasteiger partial charge in [0.05, 0.1) is 0 Å². The van der Waals surface area contributed by atoms with Gasteiger partial charge in [0, 0.05) is 6.04 Å². The number of urea groups is 1. The first-order chi connectivity index (χ1) is 13.4. The summed E-state index contributed by atoms with van der Waals surface area (Å²) in [6.45, 7) is 3.36. The van der Waals surface area contributed by atoms with Crippen molar-refractivity contribution in [2.45, 2.75) is 82.8 Å². The van der Waals surface area contributed by atoms with Crippen LogP contribution in [0.15, 0.2) is 18.2 Å². The zero-order chi connectivity index (χ0) is 19.9. The van der Waals surface area contributed by atoms with Crippen LogP contribution in [0.2, 0.25) is 0 Å². The molecule has 6 heteroatoms. The molecule has 2 N–H and O–H groups in total. The zero-order valence-electron chi connectivity index (χ0n) is 16.7. The van der Waals surface area contributed by atoms with Crippen LogP contribution in [0.25, 0.3) is 0 Å². The number of nitrogens with zero attached hydrogens (tertiary/aromatic N) is 1. The van der Waals surface area contributed by atoms with Gasteiger partial charge in [0.2, 0.25) is 5.91 Å². The monoisotopic (exact) mass is 383 g/mol. The first-order valence-corrected chi connectivity index (χ1v) is 10.5. The molecule has 4 rings (SSSR count). The Morgan fingerprint density at radius 2 is 1.86 bits per heavy atom. The second-order valence-corrected chi connectivity index (χ2v) is 8.59. The molecule has 2 atom stereocenters. The number of carbonyl (C=O) groups excluding carboxylic acids is 3. The van der Waals surface area contributed by atoms with E-state index in [1.807, 2.05) is 12.1 Å². The lowest BCUT2D eigenvalue weighted by atomic mass is 9.89. The van der Waals surface area contributed by atoms with E-state index in [2.05, 4.69) is 16.7 Å². The molecular weight excluding hydrogens is 354 g/mol. The lowest BCUT2D eigenvalue weighted by molar-refractivity contribution is -0.138. The van der Waals surface area contributed by atoms with E-state index in [0.29, 0.717) is 0 Å². The Morgan fingerprint density at radius 1 is 1.14 bits per heavy atom. The highest BCUT2D eigenvalue weighted by atomic mass is 16.2. The fourth-order valence-corrected chi connectivity index (χ4v) is 4.78. The summed E-state index contributed by atoms with van der Waals surface area (Å²) in [7, 11) is 0. The minimum Gasteiger partial charge on any atom is -0.352 e. The Balaban J connectivity index is 1.52. The number of nitrogens with one attached hydrogen (secondary N) is 2. The SMILES string of the molecule is C[C@H](C(=O)NC1CCCCC1)N1C(=O)N[C@@](C)(c2ccc3c(c2)CCC3)C1=O. The van der Waals surface area contributed by atoms with E-state index in [-0.39, 0.29) is 17.9 Å². The molecule has 0 radical (unpaired) electrons. The van der Waals surface area contributed by atoms with Crippen molar-refractivity contribution in [3.05, 3.63) is 34.9 Å². The summed E-state index contributed by atoms with van der Waals surface area (Å²) in [5.41, 5.74) is 2.23. The summed E-state index contributed by atoms with van der Waals surface area (Å²) in [6, 6.07) is 4.84. The predicted molar refractivity (Wildman–Crippen MR) is 106 cm³/mol. The van der Waals surface area contributed by atoms with Gasteiger partial charge >= 0.3 is 6.03 Å². The molecule has 6 nitrogen and oxygen atoms in total. The second-order valence-electron chi connectivity index (χ2n) is 8.59. The molecule has 0 spiro atoms. The van der Waals surface area contributed by atoms with Gasteiger partial charge < -0.3 is 10.6 Å². The van der Waals surface area contributed by atoms with Gasteiger partial charge in [-0.1, -0.05) is 37.5 Å². The molecule has 0 bridgehead atoms. The standard InChI is InChI=1S/C22H29N3O3/c1-14(19(26)23-18-9-4-3-5-10-18)25-20(27)22(2,24-21(25)28)17-12-11-15-7-6-8-16(15)13-17/h11-14,18H,3-10H2,1-2H3,(H,23,26)(H,24,28)/t14-,22+/m1/s1. The molecule has 1 saturated heterocycles. The van der Waals surface area contributed by atoms with Crippen LogP contribution in [0.4, 0.5) is 4.79 Å². The highest BCUT2D eigenvalue weighted by Crippen LogP contribution is 2.33. The maximum atomic E-state index is 13.2. The molecule has 4 amide bonds. The summed E-state index contributed by atoms with van der Waals surface area (Å²) in [5, 5.41) is 5.86. The zero-order valence-corrected chi connectivity index (χ0v) is 16.7. The minimum atomic E-state index is -1.13. The van der Waals surface area contributed by atoms with Gasteiger partial charge in [0.25, 0.3) is 5.91 Å². The van der Waals surface area contributed by atoms with Crippen molar-refractivity contribution in [1.82, 2.24) is 15.5 Å². The van der Waals surface area contributed by atoms with Crippen LogP contribution in [0.3, 0.4) is 0 Å². The fourth-order valence-electron chi connectivity index (χ4n) is 4.78. The fraction of sp³-hybridized carbons (Fsp3) is 0.591. The van der Waals surface area contributed by atoms with E-state index in [9.17, 15) is 14.4 Å². The molecule has 1 heterocycles. The Hall–Kier alpha value is -2.37. The van der Waals surface area contributed by atoms with Gasteiger partial charge in [0.15, 0.2) is 0 Å². The number of carbonyl (C=O) groups is 3. The molecule has 1 aromatic rings. The number of hydrogen-bond donors (Lipinski definition) is 2. The molecule has 1 saturated carbocycles. The number of benzene rings is 1. The van der Waals surface area contributed by atoms with E-state index in [1.54, 1.807) is 13.8 Å². The Morgan fingerprint density at radius 3 is 2.61 bits per heavy atom. The van der Waals surface area contributed by atoms with Gasteiger partial charge in [-0.2, -0.15) is 0 Å². The number of aryl methyl sites for hydroxylation is 2. The average molecular weight is 383 g/mol. The summed E-state index contributed by atoms with van der Waals surface area (Å²) in [6.07, 6.45) is 8.55. The third kappa shape index (κ3) is 3.19. The van der Waals surface area contributed by atoms with Crippen LogP contribution < -0.4 is 10.6 Å². The normalized spacial score (nSPS) is 26.1. The average Bonchev–Trinajstić information content (AvgIpc) is 3.24. The molecule has 2 aliphatic carbocycles. The summed E-state index contributed by atoms with van der Waals surface area (Å²) < 4.78 is 0. The smallest absolute Gasteiger partial charge is 0.326 e. The molecule has 3 aliphatic rings. The van der Waals surface area contributed by atoms with Crippen molar-refractivity contribution in [2.24, 2.45) is 0 Å². The third-order valence-corrected chi connectivity index (χ3v) is 6.62. The maximum Gasteiger partial charge on any atom is 0.326 e. The Kier molecular flexibility index (Phi) is 4.89. The molecule has 0 aromatic heterocycles. The molecule has 1 aromatic carbocycles. The molecule has 0 unspecified atom stereocenters. The van der Waals surface area contributed by atoms with Crippen molar-refractivity contribution in [2.75, 3.05) is 0 Å². The van der Waals surface area contributed by atoms with Crippen LogP contribution >= 0.6 is 0 Å². The van der Waals surface area contributed by atoms with Gasteiger partial charge in [-0.3, -0.25) is 9.59 Å². The number of rotatable bonds is 4. The Bertz CT molecular complexity index is 815.